The van der Waals surface area contributed by atoms with Crippen molar-refractivity contribution in [1.82, 2.24) is 58.8 Å². The first-order chi connectivity index (χ1) is 51.2. The Morgan fingerprint density at radius 3 is 0.500 bits per heavy atom. The second-order valence-corrected chi connectivity index (χ2v) is 29.3. The van der Waals surface area contributed by atoms with E-state index in [0.29, 0.717) is 0 Å². The van der Waals surface area contributed by atoms with E-state index in [2.05, 4.69) is 150 Å². The molecule has 0 radical (unpaired) electrons. The Hall–Kier alpha value is -0.560. The van der Waals surface area contributed by atoms with Crippen LogP contribution in [-0.2, 0) is 9.47 Å². The largest absolute Gasteiger partial charge is 0.381 e. The summed E-state index contributed by atoms with van der Waals surface area (Å²) in [6.45, 7) is 70.6. The molecule has 10 heterocycles. The predicted molar refractivity (Wildman–Crippen MR) is 490 cm³/mol. The molecule has 0 N–H and O–H groups in total. The number of piperidine rings is 3. The molecular weight excluding hydrogens is 1310 g/mol. The monoisotopic (exact) mass is 1520 g/mol. The molecule has 3 saturated carbocycles. The minimum Gasteiger partial charge on any atom is -0.381 e. The second kappa shape index (κ2) is 109. The Balaban J connectivity index is -0.000000135. The van der Waals surface area contributed by atoms with Crippen LogP contribution in [0.1, 0.15) is 344 Å². The summed E-state index contributed by atoms with van der Waals surface area (Å²) >= 11 is 0. The van der Waals surface area contributed by atoms with Gasteiger partial charge in [-0.2, -0.15) is 0 Å². The molecule has 10 aliphatic heterocycles. The fourth-order valence-corrected chi connectivity index (χ4v) is 12.6. The van der Waals surface area contributed by atoms with Crippen LogP contribution >= 0.6 is 0 Å². The maximum atomic E-state index is 5.10. The van der Waals surface area contributed by atoms with Crippen molar-refractivity contribution in [3.8, 4) is 0 Å². The highest BCUT2D eigenvalue weighted by molar-refractivity contribution is 4.69. The molecule has 0 bridgehead atoms. The Morgan fingerprint density at radius 1 is 0.198 bits per heavy atom. The summed E-state index contributed by atoms with van der Waals surface area (Å²) in [5.41, 5.74) is 0. The Bertz CT molecular complexity index is 1160. The predicted octanol–water partition coefficient (Wildman–Crippen LogP) is 21.9. The number of hydrogen-bond donors (Lipinski definition) is 0. The molecule has 0 unspecified atom stereocenters. The lowest BCUT2D eigenvalue weighted by atomic mass is 9.91. The number of likely N-dealkylation sites (tertiary alicyclic amines) is 5. The molecule has 654 valence electrons. The number of likely N-dealkylation sites (N-methyl/N-ethyl adjacent to an activating group) is 7. The fourth-order valence-electron chi connectivity index (χ4n) is 12.6. The zero-order valence-electron chi connectivity index (χ0n) is 78.9. The third-order valence-electron chi connectivity index (χ3n) is 19.7. The molecular formula is C92H214N12O2. The summed E-state index contributed by atoms with van der Waals surface area (Å²) in [6, 6.07) is 0. The van der Waals surface area contributed by atoms with Crippen LogP contribution in [0.4, 0.5) is 0 Å². The number of morpholine rings is 1. The first-order valence-electron chi connectivity index (χ1n) is 46.6. The first kappa shape index (κ1) is 124. The standard InChI is InChI=1S/C7H16N2.C7H14.C6H14N2.3C6H13N.2C6H12.C5H12N2.C5H11NO.2C5H11N.C5H10O.8C2H6.CH4/c1-3-9-6-4-8(2)5-7-9;1-7-5-3-2-4-6-7;1-7-3-5-8(2)6-4-7;3*1-7-5-3-2-4-6-7;2*1-2-4-6-5-3-1;1-6-3-4-7(2)5-6;1-6-2-4-7-5-3-6;2*1-6-4-2-3-5-6;1-2-4-6-5-3-1;8*1-2;/h3-7H2,1-2H3;7H,2-6H2,1H3;3-6H2,1-2H3;3*2-6H2,1H3;2*1-6H2;3-5H2,1-2H3;2-5H2,1H3;2*2-5H2,1H3;1-5H2;8*1-2H3;1H4. The van der Waals surface area contributed by atoms with E-state index >= 15 is 0 Å². The normalized spacial score (nSPS) is 21.6. The van der Waals surface area contributed by atoms with E-state index in [-0.39, 0.29) is 7.43 Å². The molecule has 0 amide bonds. The van der Waals surface area contributed by atoms with Gasteiger partial charge in [-0.15, -0.1) is 0 Å². The Kier molecular flexibility index (Phi) is 127. The van der Waals surface area contributed by atoms with Crippen LogP contribution in [-0.4, -0.2) is 320 Å². The molecule has 13 fully saturated rings. The minimum absolute atomic E-state index is 0. The van der Waals surface area contributed by atoms with Gasteiger partial charge in [0.25, 0.3) is 0 Å². The topological polar surface area (TPSA) is 57.3 Å². The highest BCUT2D eigenvalue weighted by atomic mass is 16.5. The van der Waals surface area contributed by atoms with Crippen LogP contribution in [0, 0.1) is 5.92 Å². The molecule has 0 aromatic rings. The average Bonchev–Trinajstić information content (AvgIpc) is 1.18. The fraction of sp³-hybridized carbons (Fsp3) is 1.00. The molecule has 13 aliphatic rings. The van der Waals surface area contributed by atoms with Crippen LogP contribution in [0.5, 0.6) is 0 Å². The molecule has 14 nitrogen and oxygen atoms in total. The number of nitrogens with zero attached hydrogens (tertiary/aromatic N) is 12. The summed E-state index contributed by atoms with van der Waals surface area (Å²) in [4.78, 5) is 28.4. The van der Waals surface area contributed by atoms with E-state index in [1.807, 2.05) is 111 Å². The second-order valence-electron chi connectivity index (χ2n) is 29.3. The van der Waals surface area contributed by atoms with Gasteiger partial charge in [0.05, 0.1) is 19.9 Å². The molecule has 3 aliphatic carbocycles. The number of piperazine rings is 2. The van der Waals surface area contributed by atoms with Crippen molar-refractivity contribution in [2.24, 2.45) is 5.92 Å². The molecule has 0 aromatic heterocycles. The zero-order valence-corrected chi connectivity index (χ0v) is 78.9. The third kappa shape index (κ3) is 103. The number of rotatable bonds is 1. The summed E-state index contributed by atoms with van der Waals surface area (Å²) < 4.78 is 10.2. The van der Waals surface area contributed by atoms with Gasteiger partial charge in [-0.3, -0.25) is 9.80 Å². The lowest BCUT2D eigenvalue weighted by Crippen LogP contribution is -2.44. The van der Waals surface area contributed by atoms with Gasteiger partial charge in [0.15, 0.2) is 0 Å². The van der Waals surface area contributed by atoms with E-state index in [0.717, 1.165) is 52.1 Å². The summed E-state index contributed by atoms with van der Waals surface area (Å²) in [5, 5.41) is 0. The Labute approximate surface area is 675 Å². The van der Waals surface area contributed by atoms with Crippen LogP contribution < -0.4 is 0 Å². The molecule has 0 spiro atoms. The van der Waals surface area contributed by atoms with Crippen LogP contribution in [0.2, 0.25) is 0 Å². The van der Waals surface area contributed by atoms with Crippen molar-refractivity contribution in [1.29, 1.82) is 0 Å². The molecule has 0 atom stereocenters. The highest BCUT2D eigenvalue weighted by Crippen LogP contribution is 2.22. The summed E-state index contributed by atoms with van der Waals surface area (Å²) in [7, 11) is 23.9. The Morgan fingerprint density at radius 2 is 0.368 bits per heavy atom. The lowest BCUT2D eigenvalue weighted by molar-refractivity contribution is 0.0503. The molecule has 13 rings (SSSR count). The van der Waals surface area contributed by atoms with E-state index in [9.17, 15) is 0 Å². The van der Waals surface area contributed by atoms with Crippen LogP contribution in [0.25, 0.3) is 0 Å². The molecule has 10 saturated heterocycles. The highest BCUT2D eigenvalue weighted by Gasteiger charge is 2.13. The zero-order chi connectivity index (χ0) is 81.1. The van der Waals surface area contributed by atoms with Gasteiger partial charge in [0.2, 0.25) is 0 Å². The number of hydrogen-bond acceptors (Lipinski definition) is 14. The maximum Gasteiger partial charge on any atom is 0.0594 e. The van der Waals surface area contributed by atoms with Crippen molar-refractivity contribution in [2.45, 2.75) is 344 Å². The van der Waals surface area contributed by atoms with Gasteiger partial charge >= 0.3 is 0 Å². The lowest BCUT2D eigenvalue weighted by Gasteiger charge is -2.31. The average molecular weight is 1520 g/mol. The SMILES string of the molecule is C.C1CCCCC1.C1CCCCC1.C1CCOCC1.CC.CC.CC.CC.CC.CC.CC.CC.CC1CCCCC1.CCN1CCN(C)CC1.CN1CCCC1.CN1CCCC1.CN1CCCCC1.CN1CCCCC1.CN1CCCCC1.CN1CCN(C)C1.CN1CCN(C)CC1.CN1CCOCC1. The van der Waals surface area contributed by atoms with Gasteiger partial charge in [-0.25, -0.2) is 0 Å². The first-order valence-corrected chi connectivity index (χ1v) is 46.6. The van der Waals surface area contributed by atoms with Crippen molar-refractivity contribution < 1.29 is 9.47 Å². The maximum absolute atomic E-state index is 5.10. The van der Waals surface area contributed by atoms with Crippen LogP contribution in [0.3, 0.4) is 0 Å². The molecule has 14 heteroatoms. The van der Waals surface area contributed by atoms with Gasteiger partial charge in [-0.1, -0.05) is 260 Å². The van der Waals surface area contributed by atoms with E-state index < -0.39 is 0 Å². The van der Waals surface area contributed by atoms with Crippen molar-refractivity contribution in [2.75, 3.05) is 261 Å². The molecule has 106 heavy (non-hydrogen) atoms. The van der Waals surface area contributed by atoms with E-state index in [4.69, 9.17) is 9.47 Å². The third-order valence-corrected chi connectivity index (χ3v) is 19.7. The van der Waals surface area contributed by atoms with Gasteiger partial charge < -0.3 is 58.5 Å². The smallest absolute Gasteiger partial charge is 0.0594 e. The molecule has 0 aromatic carbocycles. The van der Waals surface area contributed by atoms with Crippen molar-refractivity contribution >= 4 is 0 Å². The number of ether oxygens (including phenoxy) is 2. The summed E-state index contributed by atoms with van der Waals surface area (Å²) in [5.74, 6) is 1.04. The quantitative estimate of drug-likeness (QED) is 0.250. The van der Waals surface area contributed by atoms with Gasteiger partial charge in [0, 0.05) is 91.8 Å². The van der Waals surface area contributed by atoms with Gasteiger partial charge in [0.1, 0.15) is 0 Å². The van der Waals surface area contributed by atoms with E-state index in [1.54, 1.807) is 0 Å². The summed E-state index contributed by atoms with van der Waals surface area (Å²) in [6.07, 6.45) is 47.8. The minimum atomic E-state index is 0. The van der Waals surface area contributed by atoms with Crippen molar-refractivity contribution in [3.05, 3.63) is 0 Å². The van der Waals surface area contributed by atoms with Crippen LogP contribution in [0.15, 0.2) is 0 Å². The van der Waals surface area contributed by atoms with Gasteiger partial charge in [-0.05, 0) is 239 Å². The van der Waals surface area contributed by atoms with E-state index in [1.165, 1.54) is 349 Å². The van der Waals surface area contributed by atoms with Crippen molar-refractivity contribution in [3.63, 3.8) is 0 Å².